The maximum atomic E-state index is 13.3. The predicted octanol–water partition coefficient (Wildman–Crippen LogP) is 2.69. The van der Waals surface area contributed by atoms with Gasteiger partial charge in [-0.1, -0.05) is 12.1 Å². The minimum absolute atomic E-state index is 0.0372. The lowest BCUT2D eigenvalue weighted by Gasteiger charge is -2.21. The lowest BCUT2D eigenvalue weighted by atomic mass is 10.2. The monoisotopic (exact) mass is 373 g/mol. The van der Waals surface area contributed by atoms with Gasteiger partial charge in [0.1, 0.15) is 12.4 Å². The lowest BCUT2D eigenvalue weighted by Crippen LogP contribution is -2.35. The molecule has 0 spiro atoms. The lowest BCUT2D eigenvalue weighted by molar-refractivity contribution is -0.384. The van der Waals surface area contributed by atoms with Crippen LogP contribution in [0.5, 0.6) is 0 Å². The van der Waals surface area contributed by atoms with Crippen molar-refractivity contribution in [3.63, 3.8) is 0 Å². The average Bonchev–Trinajstić information content (AvgIpc) is 2.94. The summed E-state index contributed by atoms with van der Waals surface area (Å²) in [4.78, 5) is 36.4. The standard InChI is InChI=1S/C18H16FN3O5/c1-2-20(10-12-4-3-5-13(19)8-12)17(23)11-21-15-7-6-14(22(25)26)9-16(15)27-18(21)24/h3-9H,2,10-11H2,1H3. The second-order valence-corrected chi connectivity index (χ2v) is 5.90. The van der Waals surface area contributed by atoms with Crippen LogP contribution in [-0.4, -0.2) is 26.8 Å². The molecular formula is C18H16FN3O5. The third-order valence-electron chi connectivity index (χ3n) is 4.15. The maximum absolute atomic E-state index is 13.3. The van der Waals surface area contributed by atoms with Crippen molar-refractivity contribution in [1.82, 2.24) is 9.47 Å². The number of hydrogen-bond donors (Lipinski definition) is 0. The Morgan fingerprint density at radius 3 is 2.74 bits per heavy atom. The van der Waals surface area contributed by atoms with E-state index in [4.69, 9.17) is 4.42 Å². The first-order chi connectivity index (χ1) is 12.9. The number of hydrogen-bond acceptors (Lipinski definition) is 5. The smallest absolute Gasteiger partial charge is 0.407 e. The van der Waals surface area contributed by atoms with Crippen molar-refractivity contribution in [2.75, 3.05) is 6.54 Å². The molecule has 1 heterocycles. The number of nitro benzene ring substituents is 1. The van der Waals surface area contributed by atoms with Gasteiger partial charge in [-0.3, -0.25) is 19.5 Å². The highest BCUT2D eigenvalue weighted by Crippen LogP contribution is 2.20. The molecule has 1 amide bonds. The van der Waals surface area contributed by atoms with Crippen LogP contribution in [0.25, 0.3) is 11.1 Å². The number of rotatable bonds is 6. The first-order valence-electron chi connectivity index (χ1n) is 8.19. The van der Waals surface area contributed by atoms with Gasteiger partial charge in [0.15, 0.2) is 5.58 Å². The van der Waals surface area contributed by atoms with Gasteiger partial charge in [0.2, 0.25) is 5.91 Å². The quantitative estimate of drug-likeness (QED) is 0.489. The second kappa shape index (κ2) is 7.40. The number of nitrogens with zero attached hydrogens (tertiary/aromatic N) is 3. The molecule has 0 atom stereocenters. The fraction of sp³-hybridized carbons (Fsp3) is 0.222. The Balaban J connectivity index is 1.84. The fourth-order valence-corrected chi connectivity index (χ4v) is 2.79. The average molecular weight is 373 g/mol. The number of amides is 1. The molecule has 140 valence electrons. The predicted molar refractivity (Wildman–Crippen MR) is 94.6 cm³/mol. The number of aromatic nitrogens is 1. The molecule has 2 aromatic carbocycles. The summed E-state index contributed by atoms with van der Waals surface area (Å²) in [6, 6.07) is 9.67. The summed E-state index contributed by atoms with van der Waals surface area (Å²) in [6.45, 7) is 2.05. The number of oxazole rings is 1. The van der Waals surface area contributed by atoms with Gasteiger partial charge in [-0.2, -0.15) is 0 Å². The van der Waals surface area contributed by atoms with Crippen LogP contribution in [0.15, 0.2) is 51.7 Å². The van der Waals surface area contributed by atoms with Gasteiger partial charge < -0.3 is 9.32 Å². The zero-order valence-electron chi connectivity index (χ0n) is 14.4. The zero-order valence-corrected chi connectivity index (χ0v) is 14.4. The highest BCUT2D eigenvalue weighted by Gasteiger charge is 2.19. The molecule has 0 fully saturated rings. The molecule has 3 aromatic rings. The first kappa shape index (κ1) is 18.3. The van der Waals surface area contributed by atoms with Gasteiger partial charge in [-0.15, -0.1) is 0 Å². The molecule has 0 aliphatic carbocycles. The topological polar surface area (TPSA) is 98.6 Å². The summed E-state index contributed by atoms with van der Waals surface area (Å²) >= 11 is 0. The van der Waals surface area contributed by atoms with E-state index in [0.717, 1.165) is 10.6 Å². The van der Waals surface area contributed by atoms with Crippen molar-refractivity contribution in [2.24, 2.45) is 0 Å². The summed E-state index contributed by atoms with van der Waals surface area (Å²) in [5, 5.41) is 10.8. The first-order valence-corrected chi connectivity index (χ1v) is 8.19. The van der Waals surface area contributed by atoms with Crippen LogP contribution in [0.3, 0.4) is 0 Å². The van der Waals surface area contributed by atoms with Crippen molar-refractivity contribution in [3.05, 3.63) is 74.5 Å². The molecule has 0 bridgehead atoms. The number of benzene rings is 2. The van der Waals surface area contributed by atoms with Gasteiger partial charge in [0.05, 0.1) is 16.5 Å². The minimum Gasteiger partial charge on any atom is -0.407 e. The normalized spacial score (nSPS) is 10.9. The Morgan fingerprint density at radius 2 is 2.07 bits per heavy atom. The molecule has 0 aliphatic rings. The third kappa shape index (κ3) is 3.86. The molecule has 3 rings (SSSR count). The largest absolute Gasteiger partial charge is 0.420 e. The fourth-order valence-electron chi connectivity index (χ4n) is 2.79. The van der Waals surface area contributed by atoms with Crippen LogP contribution in [0, 0.1) is 15.9 Å². The summed E-state index contributed by atoms with van der Waals surface area (Å²) in [5.41, 5.74) is 0.747. The van der Waals surface area contributed by atoms with Crippen LogP contribution in [0.2, 0.25) is 0 Å². The Hall–Kier alpha value is -3.49. The minimum atomic E-state index is -0.777. The van der Waals surface area contributed by atoms with Crippen LogP contribution in [0.4, 0.5) is 10.1 Å². The second-order valence-electron chi connectivity index (χ2n) is 5.90. The molecule has 0 unspecified atom stereocenters. The third-order valence-corrected chi connectivity index (χ3v) is 4.15. The number of carbonyl (C=O) groups excluding carboxylic acids is 1. The summed E-state index contributed by atoms with van der Waals surface area (Å²) in [7, 11) is 0. The Morgan fingerprint density at radius 1 is 1.30 bits per heavy atom. The number of halogens is 1. The van der Waals surface area contributed by atoms with Gasteiger partial charge >= 0.3 is 5.76 Å². The molecule has 0 saturated heterocycles. The SMILES string of the molecule is CCN(Cc1cccc(F)c1)C(=O)Cn1c(=O)oc2cc([N+](=O)[O-])ccc21. The van der Waals surface area contributed by atoms with E-state index in [1.807, 2.05) is 0 Å². The van der Waals surface area contributed by atoms with E-state index < -0.39 is 16.5 Å². The highest BCUT2D eigenvalue weighted by atomic mass is 19.1. The van der Waals surface area contributed by atoms with E-state index >= 15 is 0 Å². The molecule has 0 saturated carbocycles. The summed E-state index contributed by atoms with van der Waals surface area (Å²) < 4.78 is 19.5. The molecule has 0 aliphatic heterocycles. The van der Waals surface area contributed by atoms with Crippen molar-refractivity contribution in [1.29, 1.82) is 0 Å². The van der Waals surface area contributed by atoms with E-state index in [-0.39, 0.29) is 30.3 Å². The van der Waals surface area contributed by atoms with Crippen molar-refractivity contribution in [2.45, 2.75) is 20.0 Å². The molecule has 8 nitrogen and oxygen atoms in total. The van der Waals surface area contributed by atoms with Crippen LogP contribution in [0.1, 0.15) is 12.5 Å². The van der Waals surface area contributed by atoms with E-state index in [1.165, 1.54) is 29.2 Å². The van der Waals surface area contributed by atoms with Crippen molar-refractivity contribution in [3.8, 4) is 0 Å². The highest BCUT2D eigenvalue weighted by molar-refractivity contribution is 5.80. The van der Waals surface area contributed by atoms with E-state index in [9.17, 15) is 24.1 Å². The van der Waals surface area contributed by atoms with Crippen LogP contribution in [-0.2, 0) is 17.9 Å². The number of likely N-dealkylation sites (N-methyl/N-ethyl adjacent to an activating group) is 1. The van der Waals surface area contributed by atoms with Crippen LogP contribution >= 0.6 is 0 Å². The molecule has 27 heavy (non-hydrogen) atoms. The number of carbonyl (C=O) groups is 1. The zero-order chi connectivity index (χ0) is 19.6. The van der Waals surface area contributed by atoms with Gasteiger partial charge in [-0.25, -0.2) is 9.18 Å². The summed E-state index contributed by atoms with van der Waals surface area (Å²) in [5.74, 6) is -1.53. The molecule has 9 heteroatoms. The van der Waals surface area contributed by atoms with E-state index in [2.05, 4.69) is 0 Å². The summed E-state index contributed by atoms with van der Waals surface area (Å²) in [6.07, 6.45) is 0. The Kier molecular flexibility index (Phi) is 5.02. The Bertz CT molecular complexity index is 1070. The number of non-ortho nitro benzene ring substituents is 1. The van der Waals surface area contributed by atoms with Gasteiger partial charge in [-0.05, 0) is 30.7 Å². The van der Waals surface area contributed by atoms with Gasteiger partial charge in [0, 0.05) is 19.2 Å². The molecular weight excluding hydrogens is 357 g/mol. The van der Waals surface area contributed by atoms with Crippen LogP contribution < -0.4 is 5.76 Å². The van der Waals surface area contributed by atoms with Crippen molar-refractivity contribution >= 4 is 22.7 Å². The maximum Gasteiger partial charge on any atom is 0.420 e. The number of fused-ring (bicyclic) bond motifs is 1. The molecule has 0 N–H and O–H groups in total. The number of nitro groups is 1. The van der Waals surface area contributed by atoms with Crippen molar-refractivity contribution < 1.29 is 18.5 Å². The molecule has 1 aromatic heterocycles. The Labute approximate surface area is 152 Å². The van der Waals surface area contributed by atoms with Gasteiger partial charge in [0.25, 0.3) is 5.69 Å². The molecule has 0 radical (unpaired) electrons. The van der Waals surface area contributed by atoms with E-state index in [0.29, 0.717) is 17.6 Å². The van der Waals surface area contributed by atoms with E-state index in [1.54, 1.807) is 19.1 Å².